The summed E-state index contributed by atoms with van der Waals surface area (Å²) in [7, 11) is 0. The highest BCUT2D eigenvalue weighted by Crippen LogP contribution is 2.30. The summed E-state index contributed by atoms with van der Waals surface area (Å²) in [5, 5.41) is 22.2. The van der Waals surface area contributed by atoms with Gasteiger partial charge in [0.2, 0.25) is 0 Å². The highest BCUT2D eigenvalue weighted by atomic mass is 16.6. The molecular weight excluding hydrogens is 432 g/mol. The Kier molecular flexibility index (Phi) is 5.51. The van der Waals surface area contributed by atoms with Crippen LogP contribution in [0.5, 0.6) is 0 Å². The fourth-order valence-corrected chi connectivity index (χ4v) is 4.26. The quantitative estimate of drug-likeness (QED) is 0.344. The molecule has 0 saturated carbocycles. The van der Waals surface area contributed by atoms with Crippen LogP contribution in [0.1, 0.15) is 27.3 Å². The van der Waals surface area contributed by atoms with Crippen molar-refractivity contribution in [3.05, 3.63) is 105 Å². The molecule has 5 rings (SSSR count). The van der Waals surface area contributed by atoms with Crippen LogP contribution in [0.4, 0.5) is 17.1 Å². The van der Waals surface area contributed by atoms with E-state index in [4.69, 9.17) is 0 Å². The van der Waals surface area contributed by atoms with Crippen molar-refractivity contribution in [1.29, 1.82) is 0 Å². The first-order valence-electron chi connectivity index (χ1n) is 10.9. The van der Waals surface area contributed by atoms with E-state index >= 15 is 0 Å². The molecule has 3 aromatic carbocycles. The largest absolute Gasteiger partial charge is 0.367 e. The SMILES string of the molecule is Cc1c(C(=O)Nc2ccccc2CN2CCc3ccccc32)nnn1-c1cccc([N+](=O)[O-])c1. The fraction of sp³-hybridized carbons (Fsp3) is 0.160. The highest BCUT2D eigenvalue weighted by Gasteiger charge is 2.22. The lowest BCUT2D eigenvalue weighted by molar-refractivity contribution is -0.384. The third-order valence-corrected chi connectivity index (χ3v) is 6.00. The number of amides is 1. The third-order valence-electron chi connectivity index (χ3n) is 6.00. The number of non-ortho nitro benzene ring substituents is 1. The number of nitro benzene ring substituents is 1. The van der Waals surface area contributed by atoms with Crippen LogP contribution in [0.3, 0.4) is 0 Å². The van der Waals surface area contributed by atoms with Crippen LogP contribution < -0.4 is 10.2 Å². The van der Waals surface area contributed by atoms with E-state index < -0.39 is 4.92 Å². The topological polar surface area (TPSA) is 106 Å². The summed E-state index contributed by atoms with van der Waals surface area (Å²) >= 11 is 0. The summed E-state index contributed by atoms with van der Waals surface area (Å²) in [5.41, 5.74) is 5.31. The number of nitro groups is 1. The van der Waals surface area contributed by atoms with E-state index in [0.717, 1.165) is 18.5 Å². The molecule has 0 unspecified atom stereocenters. The van der Waals surface area contributed by atoms with E-state index in [-0.39, 0.29) is 17.3 Å². The number of aromatic nitrogens is 3. The number of rotatable bonds is 6. The number of anilines is 2. The Bertz CT molecular complexity index is 1400. The molecule has 0 fully saturated rings. The van der Waals surface area contributed by atoms with Gasteiger partial charge in [0.25, 0.3) is 11.6 Å². The summed E-state index contributed by atoms with van der Waals surface area (Å²) in [6.45, 7) is 3.31. The first-order valence-corrected chi connectivity index (χ1v) is 10.9. The van der Waals surface area contributed by atoms with Crippen LogP contribution in [0.2, 0.25) is 0 Å². The molecule has 0 bridgehead atoms. The Balaban J connectivity index is 1.37. The summed E-state index contributed by atoms with van der Waals surface area (Å²) in [4.78, 5) is 26.0. The maximum Gasteiger partial charge on any atom is 0.278 e. The molecule has 1 amide bonds. The molecule has 170 valence electrons. The van der Waals surface area contributed by atoms with Crippen LogP contribution in [0.25, 0.3) is 5.69 Å². The van der Waals surface area contributed by atoms with Crippen molar-refractivity contribution in [3.63, 3.8) is 0 Å². The van der Waals surface area contributed by atoms with Crippen LogP contribution in [-0.4, -0.2) is 32.4 Å². The number of nitrogens with one attached hydrogen (secondary N) is 1. The number of carbonyl (C=O) groups is 1. The molecule has 0 saturated heterocycles. The minimum Gasteiger partial charge on any atom is -0.367 e. The number of hydrogen-bond donors (Lipinski definition) is 1. The minimum atomic E-state index is -0.473. The average Bonchev–Trinajstić information content (AvgIpc) is 3.44. The number of fused-ring (bicyclic) bond motifs is 1. The zero-order valence-corrected chi connectivity index (χ0v) is 18.5. The molecular formula is C25H22N6O3. The maximum absolute atomic E-state index is 13.1. The fourth-order valence-electron chi connectivity index (χ4n) is 4.26. The Morgan fingerprint density at radius 2 is 1.88 bits per heavy atom. The Morgan fingerprint density at radius 1 is 1.09 bits per heavy atom. The average molecular weight is 454 g/mol. The number of para-hydroxylation sites is 2. The van der Waals surface area contributed by atoms with Crippen LogP contribution >= 0.6 is 0 Å². The van der Waals surface area contributed by atoms with Gasteiger partial charge < -0.3 is 10.2 Å². The van der Waals surface area contributed by atoms with Crippen molar-refractivity contribution < 1.29 is 9.72 Å². The zero-order chi connectivity index (χ0) is 23.7. The maximum atomic E-state index is 13.1. The van der Waals surface area contributed by atoms with Gasteiger partial charge in [-0.25, -0.2) is 4.68 Å². The second-order valence-corrected chi connectivity index (χ2v) is 8.12. The van der Waals surface area contributed by atoms with Crippen molar-refractivity contribution in [2.75, 3.05) is 16.8 Å². The molecule has 0 aliphatic carbocycles. The first-order chi connectivity index (χ1) is 16.5. The molecule has 34 heavy (non-hydrogen) atoms. The van der Waals surface area contributed by atoms with Gasteiger partial charge in [-0.1, -0.05) is 47.7 Å². The van der Waals surface area contributed by atoms with E-state index in [0.29, 0.717) is 23.6 Å². The van der Waals surface area contributed by atoms with Gasteiger partial charge in [-0.05, 0) is 42.7 Å². The molecule has 1 aliphatic rings. The Labute approximate surface area is 195 Å². The second kappa shape index (κ2) is 8.78. The van der Waals surface area contributed by atoms with E-state index in [1.165, 1.54) is 28.1 Å². The molecule has 0 spiro atoms. The Morgan fingerprint density at radius 3 is 2.74 bits per heavy atom. The van der Waals surface area contributed by atoms with Crippen molar-refractivity contribution in [3.8, 4) is 5.69 Å². The lowest BCUT2D eigenvalue weighted by Gasteiger charge is -2.21. The third kappa shape index (κ3) is 3.99. The molecule has 0 atom stereocenters. The molecule has 2 heterocycles. The van der Waals surface area contributed by atoms with Gasteiger partial charge in [0, 0.05) is 36.6 Å². The van der Waals surface area contributed by atoms with E-state index in [1.807, 2.05) is 30.3 Å². The number of benzene rings is 3. The van der Waals surface area contributed by atoms with E-state index in [1.54, 1.807) is 19.1 Å². The molecule has 9 nitrogen and oxygen atoms in total. The van der Waals surface area contributed by atoms with E-state index in [2.05, 4.69) is 38.7 Å². The molecule has 1 N–H and O–H groups in total. The number of nitrogens with zero attached hydrogens (tertiary/aromatic N) is 5. The van der Waals surface area contributed by atoms with E-state index in [9.17, 15) is 14.9 Å². The van der Waals surface area contributed by atoms with Crippen LogP contribution in [0.15, 0.2) is 72.8 Å². The molecule has 4 aromatic rings. The minimum absolute atomic E-state index is 0.0594. The van der Waals surface area contributed by atoms with Crippen molar-refractivity contribution in [2.24, 2.45) is 0 Å². The van der Waals surface area contributed by atoms with Crippen LogP contribution in [0, 0.1) is 17.0 Å². The van der Waals surface area contributed by atoms with Crippen molar-refractivity contribution in [1.82, 2.24) is 15.0 Å². The number of hydrogen-bond acceptors (Lipinski definition) is 6. The zero-order valence-electron chi connectivity index (χ0n) is 18.5. The van der Waals surface area contributed by atoms with Gasteiger partial charge in [0.15, 0.2) is 5.69 Å². The smallest absolute Gasteiger partial charge is 0.278 e. The normalized spacial score (nSPS) is 12.4. The second-order valence-electron chi connectivity index (χ2n) is 8.12. The van der Waals surface area contributed by atoms with Gasteiger partial charge in [0.05, 0.1) is 16.3 Å². The molecule has 0 radical (unpaired) electrons. The number of carbonyl (C=O) groups excluding carboxylic acids is 1. The molecule has 1 aliphatic heterocycles. The van der Waals surface area contributed by atoms with Gasteiger partial charge in [-0.3, -0.25) is 14.9 Å². The lowest BCUT2D eigenvalue weighted by Crippen LogP contribution is -2.22. The Hall–Kier alpha value is -4.53. The standard InChI is InChI=1S/C25H22N6O3/c1-17-24(27-28-30(17)20-9-6-10-21(15-20)31(33)34)25(32)26-22-11-4-2-8-19(22)16-29-14-13-18-7-3-5-12-23(18)29/h2-12,15H,13-14,16H2,1H3,(H,26,32). The molecule has 1 aromatic heterocycles. The highest BCUT2D eigenvalue weighted by molar-refractivity contribution is 6.04. The van der Waals surface area contributed by atoms with Crippen molar-refractivity contribution >= 4 is 23.0 Å². The van der Waals surface area contributed by atoms with Crippen molar-refractivity contribution in [2.45, 2.75) is 19.9 Å². The monoisotopic (exact) mass is 454 g/mol. The van der Waals surface area contributed by atoms with Gasteiger partial charge >= 0.3 is 0 Å². The first kappa shape index (κ1) is 21.3. The van der Waals surface area contributed by atoms with Gasteiger partial charge in [-0.15, -0.1) is 5.10 Å². The summed E-state index contributed by atoms with van der Waals surface area (Å²) in [6, 6.07) is 22.1. The molecule has 9 heteroatoms. The summed E-state index contributed by atoms with van der Waals surface area (Å²) in [5.74, 6) is -0.386. The lowest BCUT2D eigenvalue weighted by atomic mass is 10.1. The summed E-state index contributed by atoms with van der Waals surface area (Å²) < 4.78 is 1.43. The van der Waals surface area contributed by atoms with Gasteiger partial charge in [-0.2, -0.15) is 0 Å². The summed E-state index contributed by atoms with van der Waals surface area (Å²) in [6.07, 6.45) is 1.00. The predicted octanol–water partition coefficient (Wildman–Crippen LogP) is 4.30. The van der Waals surface area contributed by atoms with Crippen LogP contribution in [-0.2, 0) is 13.0 Å². The van der Waals surface area contributed by atoms with Gasteiger partial charge in [0.1, 0.15) is 0 Å². The predicted molar refractivity (Wildman–Crippen MR) is 128 cm³/mol.